The molecule has 2 aliphatic rings. The molecule has 28 heavy (non-hydrogen) atoms. The Bertz CT molecular complexity index is 732. The molecule has 1 spiro atoms. The van der Waals surface area contributed by atoms with Crippen LogP contribution in [0, 0.1) is 28.6 Å². The van der Waals surface area contributed by atoms with Gasteiger partial charge in [-0.15, -0.1) is 0 Å². The summed E-state index contributed by atoms with van der Waals surface area (Å²) in [5, 5.41) is 8.90. The summed E-state index contributed by atoms with van der Waals surface area (Å²) in [5.41, 5.74) is 1.55. The van der Waals surface area contributed by atoms with Crippen LogP contribution >= 0.6 is 0 Å². The monoisotopic (exact) mass is 382 g/mol. The molecular weight excluding hydrogens is 352 g/mol. The first-order chi connectivity index (χ1) is 13.5. The topological polar surface area (TPSA) is 70.4 Å². The Labute approximate surface area is 167 Å². The standard InChI is InChI=1S/C23H30N2O3/c1-3-28-22(27)17(2)19-8-10-23(11-9-19)12-14-25(15-13-23)21(26)20-6-4-18(16-24)5-7-20/h4-7,17,19H,3,8-15H2,1-2H3. The van der Waals surface area contributed by atoms with Gasteiger partial charge in [-0.25, -0.2) is 0 Å². The molecule has 1 aromatic carbocycles. The number of nitrogens with zero attached hydrogens (tertiary/aromatic N) is 2. The van der Waals surface area contributed by atoms with Gasteiger partial charge in [0.1, 0.15) is 0 Å². The minimum Gasteiger partial charge on any atom is -0.466 e. The van der Waals surface area contributed by atoms with Gasteiger partial charge in [0, 0.05) is 18.7 Å². The molecule has 0 N–H and O–H groups in total. The van der Waals surface area contributed by atoms with E-state index in [1.807, 2.05) is 18.7 Å². The third kappa shape index (κ3) is 4.38. The molecule has 1 aromatic rings. The first kappa shape index (κ1) is 20.4. The van der Waals surface area contributed by atoms with Gasteiger partial charge >= 0.3 is 5.97 Å². The average Bonchev–Trinajstić information content (AvgIpc) is 2.74. The Morgan fingerprint density at radius 1 is 1.18 bits per heavy atom. The van der Waals surface area contributed by atoms with E-state index < -0.39 is 0 Å². The summed E-state index contributed by atoms with van der Waals surface area (Å²) in [7, 11) is 0. The minimum absolute atomic E-state index is 0.0182. The third-order valence-corrected chi connectivity index (χ3v) is 6.83. The second-order valence-electron chi connectivity index (χ2n) is 8.36. The number of hydrogen-bond acceptors (Lipinski definition) is 4. The Morgan fingerprint density at radius 3 is 2.32 bits per heavy atom. The van der Waals surface area contributed by atoms with Crippen molar-refractivity contribution in [1.29, 1.82) is 5.26 Å². The maximum absolute atomic E-state index is 12.7. The second-order valence-corrected chi connectivity index (χ2v) is 8.36. The van der Waals surface area contributed by atoms with Gasteiger partial charge in [0.2, 0.25) is 0 Å². The predicted octanol–water partition coefficient (Wildman–Crippen LogP) is 4.17. The molecule has 1 unspecified atom stereocenters. The summed E-state index contributed by atoms with van der Waals surface area (Å²) >= 11 is 0. The number of carbonyl (C=O) groups excluding carboxylic acids is 2. The largest absolute Gasteiger partial charge is 0.466 e. The number of rotatable bonds is 4. The molecule has 5 heteroatoms. The van der Waals surface area contributed by atoms with Crippen LogP contribution in [0.4, 0.5) is 0 Å². The lowest BCUT2D eigenvalue weighted by Gasteiger charge is -2.46. The first-order valence-electron chi connectivity index (χ1n) is 10.4. The lowest BCUT2D eigenvalue weighted by molar-refractivity contribution is -0.150. The SMILES string of the molecule is CCOC(=O)C(C)C1CCC2(CC1)CCN(C(=O)c1ccc(C#N)cc1)CC2. The van der Waals surface area contributed by atoms with E-state index in [9.17, 15) is 9.59 Å². The Morgan fingerprint density at radius 2 is 1.79 bits per heavy atom. The molecule has 150 valence electrons. The molecule has 1 atom stereocenters. The fourth-order valence-electron chi connectivity index (χ4n) is 4.77. The van der Waals surface area contributed by atoms with Crippen molar-refractivity contribution in [1.82, 2.24) is 4.90 Å². The smallest absolute Gasteiger partial charge is 0.308 e. The fraction of sp³-hybridized carbons (Fsp3) is 0.609. The molecule has 1 saturated heterocycles. The number of piperidine rings is 1. The number of esters is 1. The van der Waals surface area contributed by atoms with Crippen LogP contribution < -0.4 is 0 Å². The van der Waals surface area contributed by atoms with E-state index in [4.69, 9.17) is 10.00 Å². The molecule has 1 amide bonds. The number of amides is 1. The lowest BCUT2D eigenvalue weighted by Crippen LogP contribution is -2.45. The van der Waals surface area contributed by atoms with Crippen molar-refractivity contribution in [2.24, 2.45) is 17.3 Å². The van der Waals surface area contributed by atoms with E-state index in [0.29, 0.717) is 29.1 Å². The van der Waals surface area contributed by atoms with Gasteiger partial charge in [-0.05, 0) is 81.0 Å². The molecule has 1 saturated carbocycles. The summed E-state index contributed by atoms with van der Waals surface area (Å²) in [5.74, 6) is 0.397. The minimum atomic E-state index is -0.0636. The molecule has 5 nitrogen and oxygen atoms in total. The third-order valence-electron chi connectivity index (χ3n) is 6.83. The van der Waals surface area contributed by atoms with Crippen LogP contribution in [0.25, 0.3) is 0 Å². The van der Waals surface area contributed by atoms with Crippen LogP contribution in [0.5, 0.6) is 0 Å². The summed E-state index contributed by atoms with van der Waals surface area (Å²) in [6.07, 6.45) is 6.50. The summed E-state index contributed by atoms with van der Waals surface area (Å²) in [6.45, 7) is 5.88. The van der Waals surface area contributed by atoms with Gasteiger partial charge in [-0.3, -0.25) is 9.59 Å². The number of likely N-dealkylation sites (tertiary alicyclic amines) is 1. The zero-order chi connectivity index (χ0) is 20.1. The molecule has 0 bridgehead atoms. The lowest BCUT2D eigenvalue weighted by atomic mass is 9.63. The van der Waals surface area contributed by atoms with Crippen molar-refractivity contribution in [3.05, 3.63) is 35.4 Å². The van der Waals surface area contributed by atoms with E-state index in [1.54, 1.807) is 24.3 Å². The quantitative estimate of drug-likeness (QED) is 0.733. The summed E-state index contributed by atoms with van der Waals surface area (Å²) < 4.78 is 5.19. The summed E-state index contributed by atoms with van der Waals surface area (Å²) in [4.78, 5) is 26.7. The van der Waals surface area contributed by atoms with Crippen LogP contribution in [0.3, 0.4) is 0 Å². The van der Waals surface area contributed by atoms with Crippen molar-refractivity contribution in [2.45, 2.75) is 52.4 Å². The van der Waals surface area contributed by atoms with Crippen LogP contribution in [0.1, 0.15) is 68.3 Å². The first-order valence-corrected chi connectivity index (χ1v) is 10.4. The zero-order valence-corrected chi connectivity index (χ0v) is 16.9. The number of nitriles is 1. The molecule has 1 aliphatic heterocycles. The van der Waals surface area contributed by atoms with Crippen molar-refractivity contribution in [3.8, 4) is 6.07 Å². The van der Waals surface area contributed by atoms with E-state index >= 15 is 0 Å². The molecular formula is C23H30N2O3. The average molecular weight is 383 g/mol. The Hall–Kier alpha value is -2.35. The van der Waals surface area contributed by atoms with E-state index in [-0.39, 0.29) is 17.8 Å². The van der Waals surface area contributed by atoms with E-state index in [0.717, 1.165) is 51.6 Å². The van der Waals surface area contributed by atoms with Gasteiger partial charge in [0.25, 0.3) is 5.91 Å². The van der Waals surface area contributed by atoms with Crippen LogP contribution in [0.2, 0.25) is 0 Å². The fourth-order valence-corrected chi connectivity index (χ4v) is 4.77. The van der Waals surface area contributed by atoms with Crippen LogP contribution in [0.15, 0.2) is 24.3 Å². The Kier molecular flexibility index (Phi) is 6.39. The molecule has 1 heterocycles. The zero-order valence-electron chi connectivity index (χ0n) is 16.9. The van der Waals surface area contributed by atoms with E-state index in [2.05, 4.69) is 6.07 Å². The number of hydrogen-bond donors (Lipinski definition) is 0. The highest BCUT2D eigenvalue weighted by molar-refractivity contribution is 5.94. The van der Waals surface area contributed by atoms with Crippen molar-refractivity contribution in [3.63, 3.8) is 0 Å². The van der Waals surface area contributed by atoms with Gasteiger partial charge < -0.3 is 9.64 Å². The Balaban J connectivity index is 1.52. The molecule has 2 fully saturated rings. The molecule has 3 rings (SSSR count). The van der Waals surface area contributed by atoms with Crippen molar-refractivity contribution >= 4 is 11.9 Å². The molecule has 0 aromatic heterocycles. The summed E-state index contributed by atoms with van der Waals surface area (Å²) in [6, 6.07) is 8.97. The maximum Gasteiger partial charge on any atom is 0.308 e. The van der Waals surface area contributed by atoms with Crippen molar-refractivity contribution < 1.29 is 14.3 Å². The number of carbonyl (C=O) groups is 2. The predicted molar refractivity (Wildman–Crippen MR) is 106 cm³/mol. The maximum atomic E-state index is 12.7. The highest BCUT2D eigenvalue weighted by atomic mass is 16.5. The second kappa shape index (κ2) is 8.77. The van der Waals surface area contributed by atoms with Crippen LogP contribution in [-0.4, -0.2) is 36.5 Å². The molecule has 1 aliphatic carbocycles. The molecule has 0 radical (unpaired) electrons. The van der Waals surface area contributed by atoms with Crippen molar-refractivity contribution in [2.75, 3.05) is 19.7 Å². The van der Waals surface area contributed by atoms with Gasteiger partial charge in [0.15, 0.2) is 0 Å². The van der Waals surface area contributed by atoms with Crippen LogP contribution in [-0.2, 0) is 9.53 Å². The highest BCUT2D eigenvalue weighted by Crippen LogP contribution is 2.48. The van der Waals surface area contributed by atoms with E-state index in [1.165, 1.54) is 0 Å². The van der Waals surface area contributed by atoms with Gasteiger partial charge in [0.05, 0.1) is 24.2 Å². The normalized spacial score (nSPS) is 20.4. The number of ether oxygens (including phenoxy) is 1. The van der Waals surface area contributed by atoms with Gasteiger partial charge in [-0.1, -0.05) is 6.92 Å². The highest BCUT2D eigenvalue weighted by Gasteiger charge is 2.41. The number of benzene rings is 1. The van der Waals surface area contributed by atoms with Gasteiger partial charge in [-0.2, -0.15) is 5.26 Å².